The quantitative estimate of drug-likeness (QED) is 0.455. The molecule has 2 aromatic heterocycles. The molecule has 0 bridgehead atoms. The lowest BCUT2D eigenvalue weighted by molar-refractivity contribution is -0.117. The molecule has 0 aliphatic heterocycles. The fraction of sp³-hybridized carbons (Fsp3) is 0.167. The Bertz CT molecular complexity index is 1370. The van der Waals surface area contributed by atoms with Crippen molar-refractivity contribution in [1.82, 2.24) is 14.2 Å². The number of para-hydroxylation sites is 1. The van der Waals surface area contributed by atoms with Crippen molar-refractivity contribution in [2.75, 3.05) is 17.7 Å². The van der Waals surface area contributed by atoms with E-state index in [2.05, 4.69) is 15.7 Å². The van der Waals surface area contributed by atoms with Gasteiger partial charge in [0.2, 0.25) is 5.91 Å². The molecule has 0 atom stereocenters. The van der Waals surface area contributed by atoms with E-state index in [4.69, 9.17) is 4.74 Å². The number of pyridine rings is 1. The molecule has 4 aromatic rings. The van der Waals surface area contributed by atoms with Crippen molar-refractivity contribution in [3.63, 3.8) is 0 Å². The number of carbonyl (C=O) groups excluding carboxylic acids is 2. The molecule has 168 valence electrons. The van der Waals surface area contributed by atoms with Gasteiger partial charge in [0.25, 0.3) is 5.91 Å². The first-order valence-electron chi connectivity index (χ1n) is 10.4. The highest BCUT2D eigenvalue weighted by Crippen LogP contribution is 2.17. The minimum absolute atomic E-state index is 0.244. The summed E-state index contributed by atoms with van der Waals surface area (Å²) in [6.07, 6.45) is 2.18. The number of methoxy groups -OCH3 is 1. The van der Waals surface area contributed by atoms with Gasteiger partial charge in [0, 0.05) is 17.6 Å². The highest BCUT2D eigenvalue weighted by molar-refractivity contribution is 6.04. The van der Waals surface area contributed by atoms with Crippen molar-refractivity contribution in [3.8, 4) is 5.75 Å². The number of aryl methyl sites for hydroxylation is 1. The van der Waals surface area contributed by atoms with Crippen molar-refractivity contribution in [2.24, 2.45) is 0 Å². The standard InChI is InChI=1S/C24H23N5O4/c1-3-16-6-4-5-7-20(16)26-22(30)15-29-24(32)28-14-17(8-13-21(28)27-29)23(31)25-18-9-11-19(33-2)12-10-18/h4-14H,3,15H2,1-2H3,(H,25,31)(H,26,30). The van der Waals surface area contributed by atoms with Gasteiger partial charge in [-0.2, -0.15) is 0 Å². The molecule has 2 N–H and O–H groups in total. The second-order valence-electron chi connectivity index (χ2n) is 7.33. The third-order valence-corrected chi connectivity index (χ3v) is 5.15. The number of anilines is 2. The number of amides is 2. The summed E-state index contributed by atoms with van der Waals surface area (Å²) in [6, 6.07) is 17.5. The van der Waals surface area contributed by atoms with Crippen molar-refractivity contribution in [1.29, 1.82) is 0 Å². The van der Waals surface area contributed by atoms with Gasteiger partial charge >= 0.3 is 5.69 Å². The minimum atomic E-state index is -0.511. The smallest absolute Gasteiger partial charge is 0.350 e. The van der Waals surface area contributed by atoms with E-state index < -0.39 is 5.69 Å². The van der Waals surface area contributed by atoms with E-state index in [1.54, 1.807) is 43.5 Å². The minimum Gasteiger partial charge on any atom is -0.497 e. The van der Waals surface area contributed by atoms with Gasteiger partial charge in [0.1, 0.15) is 12.3 Å². The molecule has 0 aliphatic carbocycles. The largest absolute Gasteiger partial charge is 0.497 e. The summed E-state index contributed by atoms with van der Waals surface area (Å²) in [5, 5.41) is 9.80. The highest BCUT2D eigenvalue weighted by atomic mass is 16.5. The third-order valence-electron chi connectivity index (χ3n) is 5.15. The first kappa shape index (κ1) is 21.8. The molecular formula is C24H23N5O4. The molecule has 0 aliphatic rings. The van der Waals surface area contributed by atoms with Gasteiger partial charge in [-0.15, -0.1) is 5.10 Å². The van der Waals surface area contributed by atoms with Crippen LogP contribution in [0.15, 0.2) is 71.7 Å². The fourth-order valence-corrected chi connectivity index (χ4v) is 3.41. The number of benzene rings is 2. The van der Waals surface area contributed by atoms with Crippen LogP contribution in [0, 0.1) is 0 Å². The molecule has 4 rings (SSSR count). The molecule has 2 aromatic carbocycles. The van der Waals surface area contributed by atoms with Crippen molar-refractivity contribution in [2.45, 2.75) is 19.9 Å². The number of hydrogen-bond donors (Lipinski definition) is 2. The molecule has 9 nitrogen and oxygen atoms in total. The average molecular weight is 445 g/mol. The van der Waals surface area contributed by atoms with E-state index in [-0.39, 0.29) is 23.9 Å². The zero-order valence-electron chi connectivity index (χ0n) is 18.2. The van der Waals surface area contributed by atoms with E-state index in [9.17, 15) is 14.4 Å². The van der Waals surface area contributed by atoms with Gasteiger partial charge < -0.3 is 15.4 Å². The number of fused-ring (bicyclic) bond motifs is 1. The number of rotatable bonds is 7. The van der Waals surface area contributed by atoms with E-state index in [0.717, 1.165) is 16.7 Å². The third kappa shape index (κ3) is 4.77. The SMILES string of the molecule is CCc1ccccc1NC(=O)Cn1nc2ccc(C(=O)Nc3ccc(OC)cc3)cn2c1=O. The van der Waals surface area contributed by atoms with Gasteiger partial charge in [-0.3, -0.25) is 9.59 Å². The van der Waals surface area contributed by atoms with Crippen LogP contribution in [0.1, 0.15) is 22.8 Å². The Morgan fingerprint density at radius 3 is 2.48 bits per heavy atom. The first-order chi connectivity index (χ1) is 16.0. The summed E-state index contributed by atoms with van der Waals surface area (Å²) in [7, 11) is 1.56. The molecule has 2 amide bonds. The summed E-state index contributed by atoms with van der Waals surface area (Å²) in [4.78, 5) is 37.9. The van der Waals surface area contributed by atoms with Crippen LogP contribution in [0.3, 0.4) is 0 Å². The lowest BCUT2D eigenvalue weighted by Gasteiger charge is -2.09. The van der Waals surface area contributed by atoms with Crippen molar-refractivity contribution in [3.05, 3.63) is 88.5 Å². The van der Waals surface area contributed by atoms with Gasteiger partial charge in [-0.25, -0.2) is 13.9 Å². The lowest BCUT2D eigenvalue weighted by atomic mass is 10.1. The Morgan fingerprint density at radius 1 is 1.00 bits per heavy atom. The number of aromatic nitrogens is 3. The molecule has 0 spiro atoms. The number of nitrogens with one attached hydrogen (secondary N) is 2. The van der Waals surface area contributed by atoms with Gasteiger partial charge in [0.05, 0.1) is 12.7 Å². The average Bonchev–Trinajstić information content (AvgIpc) is 3.14. The molecule has 0 saturated heterocycles. The predicted molar refractivity (Wildman–Crippen MR) is 125 cm³/mol. The topological polar surface area (TPSA) is 107 Å². The van der Waals surface area contributed by atoms with E-state index in [0.29, 0.717) is 22.8 Å². The second kappa shape index (κ2) is 9.39. The Kier molecular flexibility index (Phi) is 6.21. The summed E-state index contributed by atoms with van der Waals surface area (Å²) in [6.45, 7) is 1.76. The van der Waals surface area contributed by atoms with Crippen LogP contribution in [0.5, 0.6) is 5.75 Å². The summed E-state index contributed by atoms with van der Waals surface area (Å²) >= 11 is 0. The summed E-state index contributed by atoms with van der Waals surface area (Å²) in [5.41, 5.74) is 2.40. The Balaban J connectivity index is 1.51. The molecular weight excluding hydrogens is 422 g/mol. The monoisotopic (exact) mass is 445 g/mol. The van der Waals surface area contributed by atoms with Crippen LogP contribution in [0.2, 0.25) is 0 Å². The van der Waals surface area contributed by atoms with E-state index in [1.807, 2.05) is 31.2 Å². The van der Waals surface area contributed by atoms with Crippen LogP contribution >= 0.6 is 0 Å². The highest BCUT2D eigenvalue weighted by Gasteiger charge is 2.14. The van der Waals surface area contributed by atoms with Crippen molar-refractivity contribution >= 4 is 28.8 Å². The lowest BCUT2D eigenvalue weighted by Crippen LogP contribution is -2.28. The van der Waals surface area contributed by atoms with E-state index in [1.165, 1.54) is 10.6 Å². The Labute approximate surface area is 189 Å². The summed E-state index contributed by atoms with van der Waals surface area (Å²) < 4.78 is 7.43. The molecule has 2 heterocycles. The number of carbonyl (C=O) groups is 2. The van der Waals surface area contributed by atoms with Gasteiger partial charge in [0.15, 0.2) is 5.65 Å². The van der Waals surface area contributed by atoms with E-state index >= 15 is 0 Å². The number of hydrogen-bond acceptors (Lipinski definition) is 5. The van der Waals surface area contributed by atoms with Gasteiger partial charge in [-0.1, -0.05) is 25.1 Å². The fourth-order valence-electron chi connectivity index (χ4n) is 3.41. The molecule has 9 heteroatoms. The van der Waals surface area contributed by atoms with Gasteiger partial charge in [-0.05, 0) is 54.4 Å². The van der Waals surface area contributed by atoms with Crippen LogP contribution in [-0.4, -0.2) is 33.1 Å². The molecule has 33 heavy (non-hydrogen) atoms. The maximum Gasteiger partial charge on any atom is 0.350 e. The molecule has 0 radical (unpaired) electrons. The zero-order chi connectivity index (χ0) is 23.4. The maximum atomic E-state index is 12.8. The Morgan fingerprint density at radius 2 is 1.76 bits per heavy atom. The van der Waals surface area contributed by atoms with Crippen LogP contribution < -0.4 is 21.1 Å². The molecule has 0 fully saturated rings. The molecule has 0 unspecified atom stereocenters. The Hall–Kier alpha value is -4.40. The second-order valence-corrected chi connectivity index (χ2v) is 7.33. The van der Waals surface area contributed by atoms with Crippen LogP contribution in [0.25, 0.3) is 5.65 Å². The van der Waals surface area contributed by atoms with Crippen molar-refractivity contribution < 1.29 is 14.3 Å². The summed E-state index contributed by atoms with van der Waals surface area (Å²) in [5.74, 6) is -0.0647. The number of nitrogens with zero attached hydrogens (tertiary/aromatic N) is 3. The van der Waals surface area contributed by atoms with Crippen LogP contribution in [-0.2, 0) is 17.8 Å². The maximum absolute atomic E-state index is 12.8. The number of ether oxygens (including phenoxy) is 1. The first-order valence-corrected chi connectivity index (χ1v) is 10.4. The molecule has 0 saturated carbocycles. The predicted octanol–water partition coefficient (Wildman–Crippen LogP) is 2.96. The normalized spacial score (nSPS) is 10.7. The zero-order valence-corrected chi connectivity index (χ0v) is 18.2. The van der Waals surface area contributed by atoms with Crippen LogP contribution in [0.4, 0.5) is 11.4 Å².